The van der Waals surface area contributed by atoms with Crippen molar-refractivity contribution in [3.8, 4) is 6.19 Å². The van der Waals surface area contributed by atoms with Gasteiger partial charge in [-0.25, -0.2) is 0 Å². The van der Waals surface area contributed by atoms with Crippen LogP contribution in [0.15, 0.2) is 18.2 Å². The molecule has 0 aliphatic heterocycles. The molecule has 0 aromatic heterocycles. The summed E-state index contributed by atoms with van der Waals surface area (Å²) in [5.74, 6) is 0. The molecule has 0 amide bonds. The Morgan fingerprint density at radius 1 is 1.36 bits per heavy atom. The van der Waals surface area contributed by atoms with Gasteiger partial charge in [-0.05, 0) is 31.4 Å². The third-order valence-electron chi connectivity index (χ3n) is 2.39. The standard InChI is InChI=1S/C12H16N2/c1-10-4-5-11(2)12(8-10)6-7-14(3)9-13/h4-5,8H,6-7H2,1-3H3. The minimum Gasteiger partial charge on any atom is -0.313 e. The first-order chi connectivity index (χ1) is 6.63. The molecule has 0 saturated carbocycles. The van der Waals surface area contributed by atoms with Gasteiger partial charge in [-0.15, -0.1) is 0 Å². The van der Waals surface area contributed by atoms with Crippen LogP contribution in [0.25, 0.3) is 0 Å². The van der Waals surface area contributed by atoms with E-state index in [9.17, 15) is 0 Å². The topological polar surface area (TPSA) is 27.0 Å². The summed E-state index contributed by atoms with van der Waals surface area (Å²) in [6.45, 7) is 5.00. The van der Waals surface area contributed by atoms with Crippen LogP contribution >= 0.6 is 0 Å². The molecule has 2 nitrogen and oxygen atoms in total. The summed E-state index contributed by atoms with van der Waals surface area (Å²) < 4.78 is 0. The molecule has 0 unspecified atom stereocenters. The van der Waals surface area contributed by atoms with Crippen molar-refractivity contribution >= 4 is 0 Å². The Bertz CT molecular complexity index is 350. The lowest BCUT2D eigenvalue weighted by Gasteiger charge is -2.10. The highest BCUT2D eigenvalue weighted by molar-refractivity contribution is 5.30. The van der Waals surface area contributed by atoms with E-state index in [-0.39, 0.29) is 0 Å². The van der Waals surface area contributed by atoms with Gasteiger partial charge < -0.3 is 4.90 Å². The van der Waals surface area contributed by atoms with E-state index in [1.54, 1.807) is 4.90 Å². The molecule has 1 aromatic rings. The number of rotatable bonds is 3. The quantitative estimate of drug-likeness (QED) is 0.537. The minimum absolute atomic E-state index is 0.792. The van der Waals surface area contributed by atoms with E-state index in [0.29, 0.717) is 0 Å². The van der Waals surface area contributed by atoms with E-state index in [1.165, 1.54) is 16.7 Å². The molecule has 14 heavy (non-hydrogen) atoms. The Kier molecular flexibility index (Phi) is 3.53. The molecular weight excluding hydrogens is 172 g/mol. The van der Waals surface area contributed by atoms with Crippen molar-refractivity contribution < 1.29 is 0 Å². The zero-order valence-corrected chi connectivity index (χ0v) is 9.04. The molecule has 0 aliphatic carbocycles. The number of benzene rings is 1. The number of aryl methyl sites for hydroxylation is 2. The van der Waals surface area contributed by atoms with Crippen LogP contribution in [0.3, 0.4) is 0 Å². The molecule has 0 atom stereocenters. The van der Waals surface area contributed by atoms with Crippen LogP contribution < -0.4 is 0 Å². The Morgan fingerprint density at radius 3 is 2.71 bits per heavy atom. The van der Waals surface area contributed by atoms with Crippen molar-refractivity contribution in [3.63, 3.8) is 0 Å². The van der Waals surface area contributed by atoms with Crippen molar-refractivity contribution in [2.45, 2.75) is 20.3 Å². The van der Waals surface area contributed by atoms with Gasteiger partial charge >= 0.3 is 0 Å². The van der Waals surface area contributed by atoms with Crippen LogP contribution in [0, 0.1) is 25.3 Å². The highest BCUT2D eigenvalue weighted by Gasteiger charge is 2.00. The van der Waals surface area contributed by atoms with Gasteiger partial charge in [0.15, 0.2) is 6.19 Å². The first kappa shape index (κ1) is 10.6. The lowest BCUT2D eigenvalue weighted by molar-refractivity contribution is 0.478. The van der Waals surface area contributed by atoms with Gasteiger partial charge in [0.05, 0.1) is 0 Å². The summed E-state index contributed by atoms with van der Waals surface area (Å²) in [4.78, 5) is 1.65. The average Bonchev–Trinajstić information content (AvgIpc) is 2.19. The van der Waals surface area contributed by atoms with E-state index < -0.39 is 0 Å². The Morgan fingerprint density at radius 2 is 2.07 bits per heavy atom. The number of hydrogen-bond acceptors (Lipinski definition) is 2. The van der Waals surface area contributed by atoms with Crippen molar-refractivity contribution in [2.24, 2.45) is 0 Å². The first-order valence-corrected chi connectivity index (χ1v) is 4.80. The molecule has 0 bridgehead atoms. The Hall–Kier alpha value is -1.49. The first-order valence-electron chi connectivity index (χ1n) is 4.80. The summed E-state index contributed by atoms with van der Waals surface area (Å²) in [5, 5.41) is 8.61. The second-order valence-corrected chi connectivity index (χ2v) is 3.70. The maximum Gasteiger partial charge on any atom is 0.179 e. The maximum atomic E-state index is 8.61. The third-order valence-corrected chi connectivity index (χ3v) is 2.39. The smallest absolute Gasteiger partial charge is 0.179 e. The largest absolute Gasteiger partial charge is 0.313 e. The average molecular weight is 188 g/mol. The van der Waals surface area contributed by atoms with Crippen LogP contribution in [0.1, 0.15) is 16.7 Å². The highest BCUT2D eigenvalue weighted by atomic mass is 15.1. The SMILES string of the molecule is Cc1ccc(C)c(CCN(C)C#N)c1. The molecule has 0 fully saturated rings. The molecule has 0 spiro atoms. The lowest BCUT2D eigenvalue weighted by atomic mass is 10.0. The lowest BCUT2D eigenvalue weighted by Crippen LogP contribution is -2.15. The fraction of sp³-hybridized carbons (Fsp3) is 0.417. The second kappa shape index (κ2) is 4.66. The van der Waals surface area contributed by atoms with Crippen LogP contribution in [0.5, 0.6) is 0 Å². The van der Waals surface area contributed by atoms with Crippen molar-refractivity contribution in [1.29, 1.82) is 5.26 Å². The Balaban J connectivity index is 2.67. The van der Waals surface area contributed by atoms with Gasteiger partial charge in [-0.1, -0.05) is 23.8 Å². The van der Waals surface area contributed by atoms with E-state index in [4.69, 9.17) is 5.26 Å². The summed E-state index contributed by atoms with van der Waals surface area (Å²) in [6, 6.07) is 6.45. The van der Waals surface area contributed by atoms with Crippen molar-refractivity contribution in [1.82, 2.24) is 4.90 Å². The molecule has 2 heteroatoms. The van der Waals surface area contributed by atoms with Gasteiger partial charge in [0.25, 0.3) is 0 Å². The van der Waals surface area contributed by atoms with Crippen LogP contribution in [0.4, 0.5) is 0 Å². The molecule has 0 saturated heterocycles. The monoisotopic (exact) mass is 188 g/mol. The van der Waals surface area contributed by atoms with Gasteiger partial charge in [-0.3, -0.25) is 0 Å². The van der Waals surface area contributed by atoms with Crippen LogP contribution in [-0.4, -0.2) is 18.5 Å². The fourth-order valence-corrected chi connectivity index (χ4v) is 1.41. The van der Waals surface area contributed by atoms with Gasteiger partial charge in [0.2, 0.25) is 0 Å². The fourth-order valence-electron chi connectivity index (χ4n) is 1.41. The van der Waals surface area contributed by atoms with Gasteiger partial charge in [0, 0.05) is 13.6 Å². The number of nitrogens with zero attached hydrogens (tertiary/aromatic N) is 2. The molecule has 1 aromatic carbocycles. The second-order valence-electron chi connectivity index (χ2n) is 3.70. The molecular formula is C12H16N2. The number of likely N-dealkylation sites (N-methyl/N-ethyl adjacent to an activating group) is 1. The normalized spacial score (nSPS) is 9.57. The van der Waals surface area contributed by atoms with E-state index in [2.05, 4.69) is 38.2 Å². The van der Waals surface area contributed by atoms with Crippen molar-refractivity contribution in [2.75, 3.05) is 13.6 Å². The van der Waals surface area contributed by atoms with Crippen LogP contribution in [-0.2, 0) is 6.42 Å². The molecule has 0 N–H and O–H groups in total. The highest BCUT2D eigenvalue weighted by Crippen LogP contribution is 2.11. The molecule has 0 radical (unpaired) electrons. The maximum absolute atomic E-state index is 8.61. The van der Waals surface area contributed by atoms with Crippen molar-refractivity contribution in [3.05, 3.63) is 34.9 Å². The predicted octanol–water partition coefficient (Wildman–Crippen LogP) is 2.26. The molecule has 0 heterocycles. The number of nitriles is 1. The Labute approximate surface area is 85.8 Å². The molecule has 74 valence electrons. The van der Waals surface area contributed by atoms with E-state index in [0.717, 1.165) is 13.0 Å². The molecule has 0 aliphatic rings. The van der Waals surface area contributed by atoms with E-state index >= 15 is 0 Å². The predicted molar refractivity (Wildman–Crippen MR) is 57.9 cm³/mol. The molecule has 1 rings (SSSR count). The summed E-state index contributed by atoms with van der Waals surface area (Å²) >= 11 is 0. The zero-order chi connectivity index (χ0) is 10.6. The zero-order valence-electron chi connectivity index (χ0n) is 9.04. The summed E-state index contributed by atoms with van der Waals surface area (Å²) in [5.41, 5.74) is 3.93. The van der Waals surface area contributed by atoms with Gasteiger partial charge in [-0.2, -0.15) is 5.26 Å². The summed E-state index contributed by atoms with van der Waals surface area (Å²) in [6.07, 6.45) is 3.04. The van der Waals surface area contributed by atoms with Crippen LogP contribution in [0.2, 0.25) is 0 Å². The summed E-state index contributed by atoms with van der Waals surface area (Å²) in [7, 11) is 1.81. The third kappa shape index (κ3) is 2.77. The number of hydrogen-bond donors (Lipinski definition) is 0. The van der Waals surface area contributed by atoms with E-state index in [1.807, 2.05) is 7.05 Å². The minimum atomic E-state index is 0.792. The van der Waals surface area contributed by atoms with Gasteiger partial charge in [0.1, 0.15) is 0 Å².